The van der Waals surface area contributed by atoms with Crippen LogP contribution in [-0.4, -0.2) is 41.7 Å². The Morgan fingerprint density at radius 3 is 0.821 bits per heavy atom. The van der Waals surface area contributed by atoms with Crippen LogP contribution in [0.15, 0.2) is 23.7 Å². The summed E-state index contributed by atoms with van der Waals surface area (Å²) < 4.78 is 136. The monoisotopic (exact) mass is 487 g/mol. The number of ketones is 2. The molecule has 0 fully saturated rings. The van der Waals surface area contributed by atoms with Gasteiger partial charge < -0.3 is 15.7 Å². The number of carbonyl (C=O) groups excluding carboxylic acids is 2. The summed E-state index contributed by atoms with van der Waals surface area (Å²) in [5.74, 6) is -11.3. The quantitative estimate of drug-likeness (QED) is 0.251. The maximum atomic E-state index is 11.3. The fraction of sp³-hybridized carbons (Fsp3) is 0.400. The largest absolute Gasteiger partial charge is 2.00 e. The Bertz CT molecular complexity index is 530. The molecule has 0 atom stereocenters. The van der Waals surface area contributed by atoms with E-state index in [-0.39, 0.29) is 22.5 Å². The molecule has 0 saturated heterocycles. The van der Waals surface area contributed by atoms with Crippen molar-refractivity contribution in [2.75, 3.05) is 0 Å². The molecule has 0 rings (SSSR count). The molecule has 5 nitrogen and oxygen atoms in total. The average Bonchev–Trinajstić information content (AvgIpc) is 2.34. The van der Waals surface area contributed by atoms with Crippen molar-refractivity contribution in [1.29, 1.82) is 0 Å². The number of hydrogen-bond donors (Lipinski definition) is 0. The predicted molar refractivity (Wildman–Crippen MR) is 54.0 cm³/mol. The van der Waals surface area contributed by atoms with Crippen LogP contribution in [0, 0.1) is 0 Å². The van der Waals surface area contributed by atoms with Gasteiger partial charge in [-0.1, -0.05) is 0 Å². The maximum absolute atomic E-state index is 11.3. The zero-order valence-electron chi connectivity index (χ0n) is 12.2. The van der Waals surface area contributed by atoms with Gasteiger partial charge in [-0.2, -0.15) is 52.7 Å². The standard InChI is InChI=1S/2C5H2F6O2.Mn.H2O/c2*6-4(7,8)2(12)1-3(13)5(9,10)11;;/h2*1,12H;;1H2/q;;+2;/p-2/b2*2-1-;;. The fourth-order valence-corrected chi connectivity index (χ4v) is 0.565. The molecule has 0 heterocycles. The van der Waals surface area contributed by atoms with Gasteiger partial charge in [0, 0.05) is 0 Å². The third-order valence-electron chi connectivity index (χ3n) is 1.64. The molecule has 28 heavy (non-hydrogen) atoms. The molecule has 18 heteroatoms. The Morgan fingerprint density at radius 2 is 0.714 bits per heavy atom. The second-order valence-electron chi connectivity index (χ2n) is 3.74. The van der Waals surface area contributed by atoms with Crippen molar-refractivity contribution in [1.82, 2.24) is 0 Å². The van der Waals surface area contributed by atoms with Gasteiger partial charge in [-0.05, 0) is 23.7 Å². The van der Waals surface area contributed by atoms with E-state index in [1.165, 1.54) is 0 Å². The van der Waals surface area contributed by atoms with Crippen LogP contribution in [0.4, 0.5) is 52.7 Å². The van der Waals surface area contributed by atoms with E-state index in [0.29, 0.717) is 0 Å². The van der Waals surface area contributed by atoms with Gasteiger partial charge >= 0.3 is 41.8 Å². The van der Waals surface area contributed by atoms with Gasteiger partial charge in [-0.3, -0.25) is 9.59 Å². The summed E-state index contributed by atoms with van der Waals surface area (Å²) in [5, 5.41) is 19.6. The SMILES string of the molecule is O.O=C(/C=C(\[O-])C(F)(F)F)C(F)(F)F.O=C(/C=C(\[O-])C(F)(F)F)C(F)(F)F.[Mn+2]. The molecule has 0 aromatic heterocycles. The Morgan fingerprint density at radius 1 is 0.536 bits per heavy atom. The van der Waals surface area contributed by atoms with E-state index in [9.17, 15) is 72.5 Å². The summed E-state index contributed by atoms with van der Waals surface area (Å²) in [6.07, 6.45) is -23.9. The summed E-state index contributed by atoms with van der Waals surface area (Å²) in [7, 11) is 0. The minimum Gasteiger partial charge on any atom is -0.869 e. The predicted octanol–water partition coefficient (Wildman–Crippen LogP) is 1.02. The van der Waals surface area contributed by atoms with Crippen molar-refractivity contribution in [2.45, 2.75) is 24.7 Å². The molecule has 0 aliphatic carbocycles. The molecule has 165 valence electrons. The number of halogens is 12. The Kier molecular flexibility index (Phi) is 13.4. The van der Waals surface area contributed by atoms with Crippen molar-refractivity contribution in [2.24, 2.45) is 0 Å². The van der Waals surface area contributed by atoms with Crippen LogP contribution in [0.5, 0.6) is 0 Å². The van der Waals surface area contributed by atoms with Gasteiger partial charge in [0.25, 0.3) is 11.6 Å². The summed E-state index contributed by atoms with van der Waals surface area (Å²) in [6.45, 7) is 0. The summed E-state index contributed by atoms with van der Waals surface area (Å²) in [4.78, 5) is 19.6. The van der Waals surface area contributed by atoms with Crippen molar-refractivity contribution < 1.29 is 95.0 Å². The fourth-order valence-electron chi connectivity index (χ4n) is 0.565. The molecule has 0 saturated carbocycles. The topological polar surface area (TPSA) is 112 Å². The number of alkyl halides is 12. The number of allylic oxidation sites excluding steroid dienone is 4. The van der Waals surface area contributed by atoms with Crippen molar-refractivity contribution >= 4 is 11.6 Å². The van der Waals surface area contributed by atoms with E-state index in [4.69, 9.17) is 0 Å². The maximum Gasteiger partial charge on any atom is 2.00 e. The first-order valence-corrected chi connectivity index (χ1v) is 5.24. The third kappa shape index (κ3) is 14.2. The van der Waals surface area contributed by atoms with E-state index in [0.717, 1.165) is 0 Å². The molecular formula is C10H4F12MnO5. The van der Waals surface area contributed by atoms with Gasteiger partial charge in [-0.25, -0.2) is 0 Å². The molecule has 0 aromatic rings. The second kappa shape index (κ2) is 11.2. The van der Waals surface area contributed by atoms with Crippen molar-refractivity contribution in [3.8, 4) is 0 Å². The Labute approximate surface area is 156 Å². The summed E-state index contributed by atoms with van der Waals surface area (Å²) in [6, 6.07) is 0. The number of hydrogen-bond acceptors (Lipinski definition) is 4. The van der Waals surface area contributed by atoms with Crippen LogP contribution in [0.25, 0.3) is 0 Å². The minimum absolute atomic E-state index is 0. The molecule has 0 aromatic carbocycles. The molecule has 0 spiro atoms. The van der Waals surface area contributed by atoms with Gasteiger partial charge in [0.15, 0.2) is 0 Å². The first kappa shape index (κ1) is 33.6. The van der Waals surface area contributed by atoms with E-state index in [1.807, 2.05) is 0 Å². The first-order chi connectivity index (χ1) is 11.1. The van der Waals surface area contributed by atoms with Gasteiger partial charge in [-0.15, -0.1) is 0 Å². The van der Waals surface area contributed by atoms with E-state index in [1.54, 1.807) is 0 Å². The Balaban J connectivity index is -0.000000192. The third-order valence-corrected chi connectivity index (χ3v) is 1.64. The van der Waals surface area contributed by atoms with E-state index < -0.39 is 59.9 Å². The van der Waals surface area contributed by atoms with Gasteiger partial charge in [0.2, 0.25) is 0 Å². The average molecular weight is 487 g/mol. The second-order valence-corrected chi connectivity index (χ2v) is 3.74. The molecule has 0 aliphatic heterocycles. The van der Waals surface area contributed by atoms with E-state index >= 15 is 0 Å². The number of rotatable bonds is 2. The van der Waals surface area contributed by atoms with Gasteiger partial charge in [0.05, 0.1) is 0 Å². The van der Waals surface area contributed by atoms with Crippen LogP contribution in [0.3, 0.4) is 0 Å². The minimum atomic E-state index is -5.46. The van der Waals surface area contributed by atoms with Crippen LogP contribution in [-0.2, 0) is 26.7 Å². The summed E-state index contributed by atoms with van der Waals surface area (Å²) in [5.41, 5.74) is 0. The number of carbonyl (C=O) groups is 2. The molecule has 0 amide bonds. The zero-order chi connectivity index (χ0) is 21.7. The molecular weight excluding hydrogens is 483 g/mol. The van der Waals surface area contributed by atoms with Crippen LogP contribution >= 0.6 is 0 Å². The molecule has 1 radical (unpaired) electrons. The van der Waals surface area contributed by atoms with Gasteiger partial charge in [0.1, 0.15) is 0 Å². The zero-order valence-corrected chi connectivity index (χ0v) is 13.4. The molecule has 2 N–H and O–H groups in total. The Hall–Kier alpha value is -1.94. The smallest absolute Gasteiger partial charge is 0.869 e. The normalized spacial score (nSPS) is 13.4. The van der Waals surface area contributed by atoms with Crippen LogP contribution < -0.4 is 10.2 Å². The molecule has 0 unspecified atom stereocenters. The van der Waals surface area contributed by atoms with Crippen molar-refractivity contribution in [3.63, 3.8) is 0 Å². The van der Waals surface area contributed by atoms with E-state index in [2.05, 4.69) is 0 Å². The van der Waals surface area contributed by atoms with Crippen molar-refractivity contribution in [3.05, 3.63) is 23.7 Å². The molecule has 0 bridgehead atoms. The van der Waals surface area contributed by atoms with Crippen LogP contribution in [0.1, 0.15) is 0 Å². The molecule has 0 aliphatic rings. The first-order valence-electron chi connectivity index (χ1n) is 5.24. The summed E-state index contributed by atoms with van der Waals surface area (Å²) >= 11 is 0. The van der Waals surface area contributed by atoms with Crippen LogP contribution in [0.2, 0.25) is 0 Å².